The predicted octanol–water partition coefficient (Wildman–Crippen LogP) is 4.94. The van der Waals surface area contributed by atoms with E-state index in [9.17, 15) is 4.79 Å². The van der Waals surface area contributed by atoms with Crippen LogP contribution < -0.4 is 0 Å². The minimum absolute atomic E-state index is 0.205. The lowest BCUT2D eigenvalue weighted by molar-refractivity contribution is 0.0514. The molecule has 5 nitrogen and oxygen atoms in total. The fourth-order valence-electron chi connectivity index (χ4n) is 2.22. The Kier molecular flexibility index (Phi) is 5.38. The molecule has 0 unspecified atom stereocenters. The van der Waals surface area contributed by atoms with Gasteiger partial charge in [0.15, 0.2) is 5.69 Å². The number of halogens is 2. The summed E-state index contributed by atoms with van der Waals surface area (Å²) < 4.78 is 11.1. The zero-order valence-electron chi connectivity index (χ0n) is 12.8. The van der Waals surface area contributed by atoms with Crippen molar-refractivity contribution in [1.29, 1.82) is 0 Å². The molecule has 24 heavy (non-hydrogen) atoms. The van der Waals surface area contributed by atoms with Crippen LogP contribution in [0.5, 0.6) is 0 Å². The van der Waals surface area contributed by atoms with Crippen LogP contribution in [0.15, 0.2) is 22.7 Å². The second kappa shape index (κ2) is 7.51. The van der Waals surface area contributed by atoms with Gasteiger partial charge in [-0.3, -0.25) is 0 Å². The Balaban J connectivity index is 1.59. The first-order chi connectivity index (χ1) is 11.6. The molecule has 0 aliphatic rings. The summed E-state index contributed by atoms with van der Waals surface area (Å²) in [5, 5.41) is 5.77. The van der Waals surface area contributed by atoms with E-state index in [0.29, 0.717) is 28.8 Å². The van der Waals surface area contributed by atoms with Crippen LogP contribution in [-0.4, -0.2) is 22.7 Å². The molecule has 0 atom stereocenters. The molecule has 1 aromatic carbocycles. The number of aryl methyl sites for hydroxylation is 2. The van der Waals surface area contributed by atoms with Crippen LogP contribution in [0.4, 0.5) is 0 Å². The highest BCUT2D eigenvalue weighted by molar-refractivity contribution is 7.18. The molecule has 0 aliphatic carbocycles. The zero-order chi connectivity index (χ0) is 17.1. The van der Waals surface area contributed by atoms with E-state index in [-0.39, 0.29) is 5.69 Å². The fourth-order valence-corrected chi connectivity index (χ4v) is 3.64. The minimum Gasteiger partial charge on any atom is -0.461 e. The van der Waals surface area contributed by atoms with E-state index in [4.69, 9.17) is 32.5 Å². The molecule has 0 N–H and O–H groups in total. The molecule has 8 heteroatoms. The van der Waals surface area contributed by atoms with Crippen molar-refractivity contribution in [2.45, 2.75) is 26.2 Å². The van der Waals surface area contributed by atoms with E-state index < -0.39 is 5.97 Å². The topological polar surface area (TPSA) is 65.2 Å². The molecule has 2 aromatic heterocycles. The van der Waals surface area contributed by atoms with Crippen molar-refractivity contribution in [3.8, 4) is 0 Å². The largest absolute Gasteiger partial charge is 0.461 e. The third-order valence-electron chi connectivity index (χ3n) is 3.33. The molecule has 126 valence electrons. The molecule has 0 aliphatic heterocycles. The van der Waals surface area contributed by atoms with Crippen molar-refractivity contribution in [2.75, 3.05) is 6.61 Å². The fraction of sp³-hybridized carbons (Fsp3) is 0.312. The third kappa shape index (κ3) is 3.88. The maximum absolute atomic E-state index is 11.5. The molecule has 3 aromatic rings. The summed E-state index contributed by atoms with van der Waals surface area (Å²) in [5.41, 5.74) is 1.06. The van der Waals surface area contributed by atoms with Gasteiger partial charge in [0.1, 0.15) is 5.76 Å². The average molecular weight is 385 g/mol. The van der Waals surface area contributed by atoms with Gasteiger partial charge >= 0.3 is 5.97 Å². The van der Waals surface area contributed by atoms with Crippen LogP contribution in [0, 0.1) is 0 Å². The number of carbonyl (C=O) groups is 1. The van der Waals surface area contributed by atoms with Gasteiger partial charge in [-0.1, -0.05) is 28.4 Å². The van der Waals surface area contributed by atoms with E-state index in [1.165, 1.54) is 0 Å². The van der Waals surface area contributed by atoms with Crippen LogP contribution in [0.3, 0.4) is 0 Å². The van der Waals surface area contributed by atoms with E-state index in [2.05, 4.69) is 10.1 Å². The Morgan fingerprint density at radius 3 is 2.83 bits per heavy atom. The molecule has 0 radical (unpaired) electrons. The first-order valence-electron chi connectivity index (χ1n) is 7.44. The van der Waals surface area contributed by atoms with Crippen molar-refractivity contribution >= 4 is 50.7 Å². The number of hydrogen-bond donors (Lipinski definition) is 0. The summed E-state index contributed by atoms with van der Waals surface area (Å²) in [6, 6.07) is 5.24. The number of fused-ring (bicyclic) bond motifs is 1. The van der Waals surface area contributed by atoms with Gasteiger partial charge in [0, 0.05) is 12.5 Å². The summed E-state index contributed by atoms with van der Waals surface area (Å²) in [6.45, 7) is 2.06. The number of rotatable bonds is 6. The molecule has 0 fully saturated rings. The molecule has 0 bridgehead atoms. The van der Waals surface area contributed by atoms with Crippen molar-refractivity contribution < 1.29 is 14.1 Å². The number of nitrogens with zero attached hydrogens (tertiary/aromatic N) is 2. The van der Waals surface area contributed by atoms with Crippen LogP contribution in [-0.2, 0) is 17.6 Å². The van der Waals surface area contributed by atoms with Crippen molar-refractivity contribution in [1.82, 2.24) is 10.1 Å². The van der Waals surface area contributed by atoms with Gasteiger partial charge in [-0.05, 0) is 31.9 Å². The second-order valence-corrected chi connectivity index (χ2v) is 7.02. The van der Waals surface area contributed by atoms with Crippen LogP contribution in [0.1, 0.15) is 34.6 Å². The molecule has 0 saturated carbocycles. The van der Waals surface area contributed by atoms with E-state index >= 15 is 0 Å². The van der Waals surface area contributed by atoms with E-state index in [1.807, 2.05) is 6.07 Å². The lowest BCUT2D eigenvalue weighted by atomic mass is 10.2. The van der Waals surface area contributed by atoms with E-state index in [0.717, 1.165) is 28.1 Å². The summed E-state index contributed by atoms with van der Waals surface area (Å²) in [4.78, 5) is 16.1. The molecule has 2 heterocycles. The number of aromatic nitrogens is 2. The third-order valence-corrected chi connectivity index (χ3v) is 5.13. The second-order valence-electron chi connectivity index (χ2n) is 5.09. The van der Waals surface area contributed by atoms with Gasteiger partial charge in [0.2, 0.25) is 0 Å². The van der Waals surface area contributed by atoms with Gasteiger partial charge in [-0.2, -0.15) is 0 Å². The number of hydrogen-bond acceptors (Lipinski definition) is 6. The SMILES string of the molecule is CCOC(=O)c1cc(CCCc2nc3cc(Cl)c(Cl)cc3s2)on1. The summed E-state index contributed by atoms with van der Waals surface area (Å²) in [6.07, 6.45) is 2.30. The number of carbonyl (C=O) groups excluding carboxylic acids is 1. The van der Waals surface area contributed by atoms with Gasteiger partial charge in [-0.15, -0.1) is 11.3 Å². The molecular formula is C16H14Cl2N2O3S. The Hall–Kier alpha value is -1.63. The van der Waals surface area contributed by atoms with Crippen LogP contribution >= 0.6 is 34.5 Å². The Morgan fingerprint density at radius 2 is 2.04 bits per heavy atom. The molecule has 3 rings (SSSR count). The number of esters is 1. The van der Waals surface area contributed by atoms with Crippen molar-refractivity contribution in [3.05, 3.63) is 44.7 Å². The van der Waals surface area contributed by atoms with Crippen molar-refractivity contribution in [3.63, 3.8) is 0 Å². The van der Waals surface area contributed by atoms with E-state index in [1.54, 1.807) is 30.4 Å². The highest BCUT2D eigenvalue weighted by Gasteiger charge is 2.13. The summed E-state index contributed by atoms with van der Waals surface area (Å²) in [5.74, 6) is 0.192. The van der Waals surface area contributed by atoms with Crippen LogP contribution in [0.2, 0.25) is 10.0 Å². The minimum atomic E-state index is -0.465. The Bertz CT molecular complexity index is 836. The maximum Gasteiger partial charge on any atom is 0.360 e. The van der Waals surface area contributed by atoms with Gasteiger partial charge in [0.25, 0.3) is 0 Å². The standard InChI is InChI=1S/C16H14Cl2N2O3S/c1-2-22-16(21)13-6-9(23-20-13)4-3-5-15-19-12-7-10(17)11(18)8-14(12)24-15/h6-8H,2-5H2,1H3. The first kappa shape index (κ1) is 17.2. The maximum atomic E-state index is 11.5. The highest BCUT2D eigenvalue weighted by atomic mass is 35.5. The summed E-state index contributed by atoms with van der Waals surface area (Å²) in [7, 11) is 0. The number of thiazole rings is 1. The Morgan fingerprint density at radius 1 is 1.25 bits per heavy atom. The summed E-state index contributed by atoms with van der Waals surface area (Å²) >= 11 is 13.6. The molecular weight excluding hydrogens is 371 g/mol. The quantitative estimate of drug-likeness (QED) is 0.562. The highest BCUT2D eigenvalue weighted by Crippen LogP contribution is 2.31. The predicted molar refractivity (Wildman–Crippen MR) is 94.1 cm³/mol. The molecule has 0 amide bonds. The monoisotopic (exact) mass is 384 g/mol. The molecule has 0 saturated heterocycles. The average Bonchev–Trinajstić information content (AvgIpc) is 3.15. The Labute approximate surface area is 152 Å². The van der Waals surface area contributed by atoms with Gasteiger partial charge in [-0.25, -0.2) is 9.78 Å². The first-order valence-corrected chi connectivity index (χ1v) is 9.01. The smallest absolute Gasteiger partial charge is 0.360 e. The van der Waals surface area contributed by atoms with Crippen molar-refractivity contribution in [2.24, 2.45) is 0 Å². The lowest BCUT2D eigenvalue weighted by Crippen LogP contribution is -2.04. The normalized spacial score (nSPS) is 11.1. The number of benzene rings is 1. The lowest BCUT2D eigenvalue weighted by Gasteiger charge is -1.95. The van der Waals surface area contributed by atoms with Gasteiger partial charge < -0.3 is 9.26 Å². The molecule has 0 spiro atoms. The zero-order valence-corrected chi connectivity index (χ0v) is 15.2. The van der Waals surface area contributed by atoms with Gasteiger partial charge in [0.05, 0.1) is 31.9 Å². The van der Waals surface area contributed by atoms with Crippen LogP contribution in [0.25, 0.3) is 10.2 Å². The number of ether oxygens (including phenoxy) is 1.